The van der Waals surface area contributed by atoms with Gasteiger partial charge in [0.25, 0.3) is 5.91 Å². The largest absolute Gasteiger partial charge is 0.466 e. The number of carbonyl (C=O) groups excluding carboxylic acids is 2. The molecule has 1 aromatic rings. The summed E-state index contributed by atoms with van der Waals surface area (Å²) in [6, 6.07) is 6.11. The van der Waals surface area contributed by atoms with Crippen LogP contribution < -0.4 is 5.32 Å². The Hall–Kier alpha value is -2.43. The van der Waals surface area contributed by atoms with Crippen molar-refractivity contribution in [2.75, 3.05) is 45.2 Å². The molecule has 1 aromatic carbocycles. The molecule has 0 aliphatic carbocycles. The van der Waals surface area contributed by atoms with Gasteiger partial charge in [-0.25, -0.2) is 13.2 Å². The number of piperidine rings is 1. The summed E-state index contributed by atoms with van der Waals surface area (Å²) >= 11 is 0. The van der Waals surface area contributed by atoms with Crippen LogP contribution in [0, 0.1) is 11.8 Å². The summed E-state index contributed by atoms with van der Waals surface area (Å²) in [6.45, 7) is 5.00. The van der Waals surface area contributed by atoms with Crippen molar-refractivity contribution < 1.29 is 27.9 Å². The number of sulfonamides is 1. The fourth-order valence-corrected chi connectivity index (χ4v) is 5.83. The average Bonchev–Trinajstić information content (AvgIpc) is 3.03. The summed E-state index contributed by atoms with van der Waals surface area (Å²) in [5.74, 6) is -0.456. The molecule has 1 fully saturated rings. The van der Waals surface area contributed by atoms with E-state index in [9.17, 15) is 18.0 Å². The molecule has 170 valence electrons. The third-order valence-electron chi connectivity index (χ3n) is 5.55. The van der Waals surface area contributed by atoms with Gasteiger partial charge in [0.2, 0.25) is 10.0 Å². The first-order valence-corrected chi connectivity index (χ1v) is 11.7. The van der Waals surface area contributed by atoms with Crippen LogP contribution in [0.1, 0.15) is 20.3 Å². The van der Waals surface area contributed by atoms with Crippen LogP contribution in [0.4, 0.5) is 5.69 Å². The van der Waals surface area contributed by atoms with E-state index in [-0.39, 0.29) is 35.9 Å². The molecule has 0 bridgehead atoms. The SMILES string of the molecule is COC(=O)C1=C(Nc2ccc(S(=O)(=O)N3CC(C)CC(C)C3)cc2)C(=O)N(CCO)C1. The highest BCUT2D eigenvalue weighted by molar-refractivity contribution is 7.89. The lowest BCUT2D eigenvalue weighted by atomic mass is 9.94. The van der Waals surface area contributed by atoms with E-state index in [1.807, 2.05) is 0 Å². The quantitative estimate of drug-likeness (QED) is 0.595. The van der Waals surface area contributed by atoms with Crippen LogP contribution in [0.2, 0.25) is 0 Å². The summed E-state index contributed by atoms with van der Waals surface area (Å²) in [6.07, 6.45) is 1.01. The molecule has 0 aromatic heterocycles. The number of hydrogen-bond donors (Lipinski definition) is 2. The Bertz CT molecular complexity index is 963. The molecule has 3 rings (SSSR count). The Morgan fingerprint density at radius 1 is 1.19 bits per heavy atom. The van der Waals surface area contributed by atoms with Crippen LogP contribution >= 0.6 is 0 Å². The van der Waals surface area contributed by atoms with Crippen molar-refractivity contribution in [1.82, 2.24) is 9.21 Å². The van der Waals surface area contributed by atoms with Crippen molar-refractivity contribution >= 4 is 27.6 Å². The van der Waals surface area contributed by atoms with Crippen molar-refractivity contribution in [2.24, 2.45) is 11.8 Å². The summed E-state index contributed by atoms with van der Waals surface area (Å²) in [5, 5.41) is 12.1. The zero-order chi connectivity index (χ0) is 22.8. The van der Waals surface area contributed by atoms with E-state index < -0.39 is 21.9 Å². The normalized spacial score (nSPS) is 22.7. The maximum Gasteiger partial charge on any atom is 0.337 e. The fraction of sp³-hybridized carbons (Fsp3) is 0.524. The number of aliphatic hydroxyl groups is 1. The molecule has 2 atom stereocenters. The standard InChI is InChI=1S/C21H29N3O6S/c1-14-10-15(2)12-24(11-14)31(28,29)17-6-4-16(5-7-17)22-19-18(21(27)30-3)13-23(8-9-25)20(19)26/h4-7,14-15,22,25H,8-13H2,1-3H3. The lowest BCUT2D eigenvalue weighted by molar-refractivity contribution is -0.136. The Morgan fingerprint density at radius 3 is 2.35 bits per heavy atom. The molecule has 2 aliphatic rings. The van der Waals surface area contributed by atoms with E-state index in [1.54, 1.807) is 12.1 Å². The topological polar surface area (TPSA) is 116 Å². The summed E-state index contributed by atoms with van der Waals surface area (Å²) in [4.78, 5) is 26.2. The second kappa shape index (κ2) is 9.37. The molecule has 2 N–H and O–H groups in total. The van der Waals surface area contributed by atoms with Gasteiger partial charge in [0.15, 0.2) is 0 Å². The first kappa shape index (κ1) is 23.2. The van der Waals surface area contributed by atoms with Gasteiger partial charge >= 0.3 is 5.97 Å². The van der Waals surface area contributed by atoms with Crippen LogP contribution in [-0.4, -0.2) is 74.5 Å². The van der Waals surface area contributed by atoms with E-state index in [0.717, 1.165) is 6.42 Å². The van der Waals surface area contributed by atoms with Crippen LogP contribution in [0.5, 0.6) is 0 Å². The number of nitrogens with one attached hydrogen (secondary N) is 1. The van der Waals surface area contributed by atoms with Gasteiger partial charge < -0.3 is 20.1 Å². The number of hydrogen-bond acceptors (Lipinski definition) is 7. The Balaban J connectivity index is 1.81. The van der Waals surface area contributed by atoms with E-state index in [1.165, 1.54) is 28.4 Å². The summed E-state index contributed by atoms with van der Waals surface area (Å²) in [7, 11) is -2.38. The Labute approximate surface area is 182 Å². The zero-order valence-corrected chi connectivity index (χ0v) is 18.8. The van der Waals surface area contributed by atoms with Crippen molar-refractivity contribution in [1.29, 1.82) is 0 Å². The number of methoxy groups -OCH3 is 1. The molecule has 1 saturated heterocycles. The molecule has 9 nitrogen and oxygen atoms in total. The molecule has 0 spiro atoms. The first-order chi connectivity index (χ1) is 14.7. The minimum absolute atomic E-state index is 0.0339. The minimum atomic E-state index is -3.61. The molecule has 10 heteroatoms. The lowest BCUT2D eigenvalue weighted by Gasteiger charge is -2.34. The number of nitrogens with zero attached hydrogens (tertiary/aromatic N) is 2. The number of aliphatic hydroxyl groups excluding tert-OH is 1. The lowest BCUT2D eigenvalue weighted by Crippen LogP contribution is -2.42. The first-order valence-electron chi connectivity index (χ1n) is 10.3. The molecular formula is C21H29N3O6S. The molecule has 2 aliphatic heterocycles. The maximum absolute atomic E-state index is 13.0. The van der Waals surface area contributed by atoms with Crippen LogP contribution in [0.15, 0.2) is 40.4 Å². The van der Waals surface area contributed by atoms with Crippen LogP contribution in [0.25, 0.3) is 0 Å². The molecule has 2 unspecified atom stereocenters. The van der Waals surface area contributed by atoms with Gasteiger partial charge in [-0.2, -0.15) is 4.31 Å². The Morgan fingerprint density at radius 2 is 1.81 bits per heavy atom. The summed E-state index contributed by atoms with van der Waals surface area (Å²) < 4.78 is 32.4. The third-order valence-corrected chi connectivity index (χ3v) is 7.40. The van der Waals surface area contributed by atoms with E-state index in [0.29, 0.717) is 30.6 Å². The van der Waals surface area contributed by atoms with Crippen molar-refractivity contribution in [2.45, 2.75) is 25.2 Å². The zero-order valence-electron chi connectivity index (χ0n) is 18.0. The fourth-order valence-electron chi connectivity index (χ4n) is 4.15. The molecule has 2 heterocycles. The molecule has 0 saturated carbocycles. The van der Waals surface area contributed by atoms with Crippen LogP contribution in [-0.2, 0) is 24.3 Å². The number of rotatable bonds is 7. The predicted molar refractivity (Wildman–Crippen MR) is 114 cm³/mol. The molecule has 31 heavy (non-hydrogen) atoms. The van der Waals surface area contributed by atoms with Crippen molar-refractivity contribution in [3.05, 3.63) is 35.5 Å². The van der Waals surface area contributed by atoms with E-state index >= 15 is 0 Å². The van der Waals surface area contributed by atoms with Crippen molar-refractivity contribution in [3.8, 4) is 0 Å². The Kier molecular flexibility index (Phi) is 7.03. The maximum atomic E-state index is 13.0. The van der Waals surface area contributed by atoms with Gasteiger partial charge in [-0.05, 0) is 42.5 Å². The predicted octanol–water partition coefficient (Wildman–Crippen LogP) is 1.03. The number of benzene rings is 1. The van der Waals surface area contributed by atoms with Gasteiger partial charge in [-0.3, -0.25) is 4.79 Å². The number of ether oxygens (including phenoxy) is 1. The molecule has 1 amide bonds. The minimum Gasteiger partial charge on any atom is -0.466 e. The highest BCUT2D eigenvalue weighted by Crippen LogP contribution is 2.28. The summed E-state index contributed by atoms with van der Waals surface area (Å²) in [5.41, 5.74) is 0.693. The molecular weight excluding hydrogens is 422 g/mol. The van der Waals surface area contributed by atoms with E-state index in [2.05, 4.69) is 19.2 Å². The third kappa shape index (κ3) is 4.91. The highest BCUT2D eigenvalue weighted by Gasteiger charge is 2.35. The number of carbonyl (C=O) groups is 2. The highest BCUT2D eigenvalue weighted by atomic mass is 32.2. The number of anilines is 1. The molecule has 0 radical (unpaired) electrons. The van der Waals surface area contributed by atoms with Gasteiger partial charge in [0.05, 0.1) is 30.7 Å². The monoisotopic (exact) mass is 451 g/mol. The second-order valence-electron chi connectivity index (χ2n) is 8.21. The van der Waals surface area contributed by atoms with Gasteiger partial charge in [0.1, 0.15) is 5.70 Å². The van der Waals surface area contributed by atoms with Crippen molar-refractivity contribution in [3.63, 3.8) is 0 Å². The van der Waals surface area contributed by atoms with Gasteiger partial charge in [-0.15, -0.1) is 0 Å². The van der Waals surface area contributed by atoms with Gasteiger partial charge in [-0.1, -0.05) is 13.8 Å². The average molecular weight is 452 g/mol. The number of esters is 1. The number of β-amino-alcohol motifs (C(OH)–C–C–N with tert-alkyl or cyclic N) is 1. The number of amides is 1. The van der Waals surface area contributed by atoms with Gasteiger partial charge in [0, 0.05) is 25.3 Å². The second-order valence-corrected chi connectivity index (χ2v) is 10.2. The van der Waals surface area contributed by atoms with E-state index in [4.69, 9.17) is 9.84 Å². The smallest absolute Gasteiger partial charge is 0.337 e. The van der Waals surface area contributed by atoms with Crippen LogP contribution in [0.3, 0.4) is 0 Å².